The van der Waals surface area contributed by atoms with Crippen LogP contribution in [0.3, 0.4) is 0 Å². The minimum atomic E-state index is -0.542. The van der Waals surface area contributed by atoms with Crippen molar-refractivity contribution >= 4 is 45.0 Å². The number of fused-ring (bicyclic) bond motifs is 1. The first-order valence-electron chi connectivity index (χ1n) is 12.6. The van der Waals surface area contributed by atoms with Crippen molar-refractivity contribution in [3.63, 3.8) is 0 Å². The summed E-state index contributed by atoms with van der Waals surface area (Å²) in [5.41, 5.74) is 2.40. The smallest absolute Gasteiger partial charge is 0.246 e. The van der Waals surface area contributed by atoms with Crippen molar-refractivity contribution in [3.8, 4) is 11.3 Å². The number of aromatic nitrogens is 2. The van der Waals surface area contributed by atoms with Crippen LogP contribution in [-0.4, -0.2) is 52.5 Å². The summed E-state index contributed by atoms with van der Waals surface area (Å²) in [4.78, 5) is 38.1. The molecule has 2 saturated heterocycles. The second kappa shape index (κ2) is 10.8. The van der Waals surface area contributed by atoms with E-state index in [0.29, 0.717) is 24.8 Å². The predicted molar refractivity (Wildman–Crippen MR) is 142 cm³/mol. The molecule has 2 fully saturated rings. The number of nitrogens with one attached hydrogen (secondary N) is 1. The Hall–Kier alpha value is -2.55. The number of benzene rings is 1. The summed E-state index contributed by atoms with van der Waals surface area (Å²) in [5.74, 6) is -0.218. The van der Waals surface area contributed by atoms with Gasteiger partial charge in [0.15, 0.2) is 0 Å². The molecular weight excluding hydrogens is 496 g/mol. The fourth-order valence-corrected chi connectivity index (χ4v) is 6.42. The van der Waals surface area contributed by atoms with Crippen molar-refractivity contribution in [2.24, 2.45) is 11.8 Å². The second-order valence-corrected chi connectivity index (χ2v) is 11.3. The molecule has 0 unspecified atom stereocenters. The molecule has 36 heavy (non-hydrogen) atoms. The van der Waals surface area contributed by atoms with Crippen molar-refractivity contribution < 1.29 is 14.3 Å². The molecule has 2 aliphatic rings. The Balaban J connectivity index is 1.46. The second-order valence-electron chi connectivity index (χ2n) is 9.82. The number of hydrogen-bond acceptors (Lipinski definition) is 6. The Morgan fingerprint density at radius 2 is 1.94 bits per heavy atom. The zero-order valence-electron chi connectivity index (χ0n) is 20.6. The van der Waals surface area contributed by atoms with Crippen LogP contribution in [0, 0.1) is 11.8 Å². The van der Waals surface area contributed by atoms with E-state index in [-0.39, 0.29) is 29.7 Å². The standard InChI is InChI=1S/C27H31ClN4O3S/c1-16(2)25(33)30-22(17-10-14-35-15-11-17)27(34)32-13-5-8-20(32)26-31-24-21(36-26)9-12-29-23(24)18-6-3-4-7-19(18)28/h3-4,6-7,9,12,16-17,20,22H,5,8,10-11,13-15H2,1-2H3,(H,30,33)/t20-,22-/m0/s1. The molecule has 0 spiro atoms. The molecule has 2 atom stereocenters. The van der Waals surface area contributed by atoms with Crippen molar-refractivity contribution in [1.82, 2.24) is 20.2 Å². The number of carbonyl (C=O) groups excluding carboxylic acids is 2. The van der Waals surface area contributed by atoms with E-state index in [0.717, 1.165) is 52.2 Å². The van der Waals surface area contributed by atoms with Gasteiger partial charge in [-0.05, 0) is 43.7 Å². The summed E-state index contributed by atoms with van der Waals surface area (Å²) in [7, 11) is 0. The molecule has 1 aromatic carbocycles. The Kier molecular flexibility index (Phi) is 7.55. The van der Waals surface area contributed by atoms with Gasteiger partial charge in [-0.1, -0.05) is 43.6 Å². The van der Waals surface area contributed by atoms with Crippen LogP contribution in [-0.2, 0) is 14.3 Å². The largest absolute Gasteiger partial charge is 0.381 e. The van der Waals surface area contributed by atoms with E-state index in [1.165, 1.54) is 0 Å². The average molecular weight is 527 g/mol. The number of nitrogens with zero attached hydrogens (tertiary/aromatic N) is 3. The number of halogens is 1. The van der Waals surface area contributed by atoms with Gasteiger partial charge in [0.25, 0.3) is 0 Å². The van der Waals surface area contributed by atoms with Crippen LogP contribution in [0.4, 0.5) is 0 Å². The third-order valence-corrected chi connectivity index (χ3v) is 8.55. The van der Waals surface area contributed by atoms with Gasteiger partial charge in [0.2, 0.25) is 11.8 Å². The summed E-state index contributed by atoms with van der Waals surface area (Å²) in [6, 6.07) is 8.94. The van der Waals surface area contributed by atoms with Crippen LogP contribution < -0.4 is 5.32 Å². The number of hydrogen-bond donors (Lipinski definition) is 1. The molecule has 190 valence electrons. The fourth-order valence-electron chi connectivity index (χ4n) is 5.08. The maximum Gasteiger partial charge on any atom is 0.246 e. The maximum absolute atomic E-state index is 14.0. The lowest BCUT2D eigenvalue weighted by molar-refractivity contribution is -0.140. The number of carbonyl (C=O) groups is 2. The van der Waals surface area contributed by atoms with Gasteiger partial charge in [0, 0.05) is 37.4 Å². The number of thiazole rings is 1. The molecule has 0 radical (unpaired) electrons. The van der Waals surface area contributed by atoms with Crippen molar-refractivity contribution in [2.75, 3.05) is 19.8 Å². The highest BCUT2D eigenvalue weighted by molar-refractivity contribution is 7.18. The summed E-state index contributed by atoms with van der Waals surface area (Å²) in [6.45, 7) is 5.60. The molecular formula is C27H31ClN4O3S. The molecule has 3 aromatic rings. The van der Waals surface area contributed by atoms with E-state index in [1.807, 2.05) is 49.1 Å². The lowest BCUT2D eigenvalue weighted by atomic mass is 9.90. The van der Waals surface area contributed by atoms with E-state index < -0.39 is 6.04 Å². The minimum absolute atomic E-state index is 0.0119. The number of pyridine rings is 1. The van der Waals surface area contributed by atoms with E-state index in [4.69, 9.17) is 21.3 Å². The van der Waals surface area contributed by atoms with Crippen LogP contribution >= 0.6 is 22.9 Å². The SMILES string of the molecule is CC(C)C(=O)N[C@H](C(=O)N1CCC[C@H]1c1nc2c(-c3ccccc3Cl)nccc2s1)C1CCOCC1. The van der Waals surface area contributed by atoms with Crippen LogP contribution in [0.15, 0.2) is 36.5 Å². The van der Waals surface area contributed by atoms with Crippen LogP contribution in [0.25, 0.3) is 21.5 Å². The Bertz CT molecular complexity index is 1260. The van der Waals surface area contributed by atoms with Gasteiger partial charge in [-0.3, -0.25) is 14.6 Å². The Morgan fingerprint density at radius 1 is 1.17 bits per heavy atom. The first kappa shape index (κ1) is 25.1. The van der Waals surface area contributed by atoms with Gasteiger partial charge < -0.3 is 15.0 Å². The summed E-state index contributed by atoms with van der Waals surface area (Å²) in [5, 5.41) is 4.60. The highest BCUT2D eigenvalue weighted by atomic mass is 35.5. The first-order chi connectivity index (χ1) is 17.4. The third kappa shape index (κ3) is 4.99. The summed E-state index contributed by atoms with van der Waals surface area (Å²) in [6.07, 6.45) is 5.06. The normalized spacial score (nSPS) is 19.7. The zero-order chi connectivity index (χ0) is 25.2. The van der Waals surface area contributed by atoms with E-state index in [9.17, 15) is 9.59 Å². The van der Waals surface area contributed by atoms with Gasteiger partial charge >= 0.3 is 0 Å². The molecule has 4 heterocycles. The highest BCUT2D eigenvalue weighted by Crippen LogP contribution is 2.40. The zero-order valence-corrected chi connectivity index (χ0v) is 22.1. The topological polar surface area (TPSA) is 84.4 Å². The predicted octanol–water partition coefficient (Wildman–Crippen LogP) is 5.24. The maximum atomic E-state index is 14.0. The fraction of sp³-hybridized carbons (Fsp3) is 0.481. The first-order valence-corrected chi connectivity index (χ1v) is 13.8. The molecule has 1 N–H and O–H groups in total. The van der Waals surface area contributed by atoms with E-state index in [2.05, 4.69) is 10.3 Å². The van der Waals surface area contributed by atoms with Crippen LogP contribution in [0.2, 0.25) is 5.02 Å². The van der Waals surface area contributed by atoms with Gasteiger partial charge in [-0.15, -0.1) is 11.3 Å². The van der Waals surface area contributed by atoms with Gasteiger partial charge in [-0.25, -0.2) is 4.98 Å². The van der Waals surface area contributed by atoms with Crippen LogP contribution in [0.1, 0.15) is 50.6 Å². The molecule has 0 aliphatic carbocycles. The molecule has 2 amide bonds. The molecule has 0 bridgehead atoms. The van der Waals surface area contributed by atoms with Gasteiger partial charge in [-0.2, -0.15) is 0 Å². The summed E-state index contributed by atoms with van der Waals surface area (Å²) < 4.78 is 6.54. The Labute approximate surface area is 220 Å². The molecule has 9 heteroatoms. The van der Waals surface area contributed by atoms with E-state index in [1.54, 1.807) is 17.5 Å². The molecule has 5 rings (SSSR count). The quantitative estimate of drug-likeness (QED) is 0.474. The lowest BCUT2D eigenvalue weighted by Gasteiger charge is -2.34. The Morgan fingerprint density at radius 3 is 2.69 bits per heavy atom. The molecule has 7 nitrogen and oxygen atoms in total. The lowest BCUT2D eigenvalue weighted by Crippen LogP contribution is -2.53. The highest BCUT2D eigenvalue weighted by Gasteiger charge is 2.40. The number of likely N-dealkylation sites (tertiary alicyclic amines) is 1. The van der Waals surface area contributed by atoms with Crippen molar-refractivity contribution in [2.45, 2.75) is 51.6 Å². The monoisotopic (exact) mass is 526 g/mol. The molecule has 2 aromatic heterocycles. The van der Waals surface area contributed by atoms with Crippen LogP contribution in [0.5, 0.6) is 0 Å². The van der Waals surface area contributed by atoms with Crippen molar-refractivity contribution in [1.29, 1.82) is 0 Å². The molecule has 0 saturated carbocycles. The number of amides is 2. The number of ether oxygens (including phenoxy) is 1. The van der Waals surface area contributed by atoms with Crippen molar-refractivity contribution in [3.05, 3.63) is 46.6 Å². The average Bonchev–Trinajstić information content (AvgIpc) is 3.54. The van der Waals surface area contributed by atoms with Gasteiger partial charge in [0.05, 0.1) is 21.5 Å². The third-order valence-electron chi connectivity index (χ3n) is 7.10. The molecule has 2 aliphatic heterocycles. The van der Waals surface area contributed by atoms with Gasteiger partial charge in [0.1, 0.15) is 16.6 Å². The minimum Gasteiger partial charge on any atom is -0.381 e. The van der Waals surface area contributed by atoms with E-state index >= 15 is 0 Å². The number of rotatable bonds is 6. The summed E-state index contributed by atoms with van der Waals surface area (Å²) >= 11 is 8.07.